The fraction of sp³-hybridized carbons (Fsp3) is 0.167. The zero-order valence-electron chi connectivity index (χ0n) is 12.4. The van der Waals surface area contributed by atoms with Crippen molar-refractivity contribution in [3.8, 4) is 0 Å². The molecule has 0 radical (unpaired) electrons. The smallest absolute Gasteiger partial charge is 0.261 e. The zero-order valence-corrected chi connectivity index (χ0v) is 12.4. The Morgan fingerprint density at radius 1 is 0.957 bits per heavy atom. The van der Waals surface area contributed by atoms with Crippen LogP contribution in [0.4, 0.5) is 0 Å². The molecule has 0 fully saturated rings. The molecule has 3 rings (SSSR count). The van der Waals surface area contributed by atoms with Gasteiger partial charge in [0.05, 0.1) is 17.7 Å². The number of fused-ring (bicyclic) bond motifs is 1. The van der Waals surface area contributed by atoms with E-state index in [1.807, 2.05) is 0 Å². The lowest BCUT2D eigenvalue weighted by atomic mass is 10.1. The van der Waals surface area contributed by atoms with E-state index in [9.17, 15) is 14.4 Å². The van der Waals surface area contributed by atoms with E-state index in [1.54, 1.807) is 48.5 Å². The summed E-state index contributed by atoms with van der Waals surface area (Å²) in [6, 6.07) is 13.3. The molecule has 5 nitrogen and oxygen atoms in total. The normalized spacial score (nSPS) is 13.3. The summed E-state index contributed by atoms with van der Waals surface area (Å²) in [7, 11) is 0. The number of carbonyl (C=O) groups excluding carboxylic acids is 3. The van der Waals surface area contributed by atoms with Crippen LogP contribution in [-0.4, -0.2) is 34.1 Å². The first-order valence-corrected chi connectivity index (χ1v) is 7.30. The van der Waals surface area contributed by atoms with Gasteiger partial charge in [-0.1, -0.05) is 30.3 Å². The Balaban J connectivity index is 1.71. The molecule has 1 aliphatic rings. The van der Waals surface area contributed by atoms with Crippen LogP contribution in [0.15, 0.2) is 48.5 Å². The van der Waals surface area contributed by atoms with Crippen LogP contribution in [0.1, 0.15) is 43.1 Å². The van der Waals surface area contributed by atoms with Crippen molar-refractivity contribution in [1.29, 1.82) is 0 Å². The number of rotatable bonds is 5. The summed E-state index contributed by atoms with van der Waals surface area (Å²) in [6.07, 6.45) is 0.0559. The predicted molar refractivity (Wildman–Crippen MR) is 83.1 cm³/mol. The molecule has 116 valence electrons. The number of nitrogens with zero attached hydrogens (tertiary/aromatic N) is 1. The van der Waals surface area contributed by atoms with Gasteiger partial charge in [-0.05, 0) is 23.8 Å². The van der Waals surface area contributed by atoms with Gasteiger partial charge < -0.3 is 5.11 Å². The molecule has 2 amide bonds. The summed E-state index contributed by atoms with van der Waals surface area (Å²) < 4.78 is 0. The van der Waals surface area contributed by atoms with E-state index in [1.165, 1.54) is 0 Å². The van der Waals surface area contributed by atoms with Crippen molar-refractivity contribution >= 4 is 17.6 Å². The van der Waals surface area contributed by atoms with Gasteiger partial charge in [0, 0.05) is 18.5 Å². The van der Waals surface area contributed by atoms with E-state index in [4.69, 9.17) is 5.11 Å². The lowest BCUT2D eigenvalue weighted by Crippen LogP contribution is -2.31. The summed E-state index contributed by atoms with van der Waals surface area (Å²) in [6.45, 7) is -0.0892. The largest absolute Gasteiger partial charge is 0.392 e. The number of ketones is 1. The van der Waals surface area contributed by atoms with Gasteiger partial charge in [0.25, 0.3) is 11.8 Å². The first-order valence-electron chi connectivity index (χ1n) is 7.30. The van der Waals surface area contributed by atoms with Crippen LogP contribution in [0, 0.1) is 0 Å². The van der Waals surface area contributed by atoms with Gasteiger partial charge in [-0.15, -0.1) is 0 Å². The molecule has 0 saturated heterocycles. The highest BCUT2D eigenvalue weighted by molar-refractivity contribution is 6.21. The number of amides is 2. The van der Waals surface area contributed by atoms with Crippen LogP contribution >= 0.6 is 0 Å². The highest BCUT2D eigenvalue weighted by Crippen LogP contribution is 2.22. The van der Waals surface area contributed by atoms with Gasteiger partial charge in [-0.3, -0.25) is 19.3 Å². The van der Waals surface area contributed by atoms with Crippen LogP contribution in [0.2, 0.25) is 0 Å². The summed E-state index contributed by atoms with van der Waals surface area (Å²) in [4.78, 5) is 37.8. The molecule has 23 heavy (non-hydrogen) atoms. The van der Waals surface area contributed by atoms with Crippen molar-refractivity contribution in [1.82, 2.24) is 4.90 Å². The van der Waals surface area contributed by atoms with Crippen molar-refractivity contribution in [2.24, 2.45) is 0 Å². The molecule has 2 aromatic carbocycles. The van der Waals surface area contributed by atoms with Crippen molar-refractivity contribution < 1.29 is 19.5 Å². The van der Waals surface area contributed by atoms with Gasteiger partial charge in [-0.2, -0.15) is 0 Å². The third kappa shape index (κ3) is 2.78. The highest BCUT2D eigenvalue weighted by atomic mass is 16.3. The van der Waals surface area contributed by atoms with E-state index in [2.05, 4.69) is 0 Å². The van der Waals surface area contributed by atoms with Gasteiger partial charge in [0.2, 0.25) is 0 Å². The van der Waals surface area contributed by atoms with Crippen LogP contribution in [0.3, 0.4) is 0 Å². The van der Waals surface area contributed by atoms with E-state index >= 15 is 0 Å². The standard InChI is InChI=1S/C18H15NO4/c20-11-12-4-3-5-13(10-12)16(21)8-9-19-17(22)14-6-1-2-7-15(14)18(19)23/h1-7,10,20H,8-9,11H2. The predicted octanol–water partition coefficient (Wildman–Crippen LogP) is 2.05. The highest BCUT2D eigenvalue weighted by Gasteiger charge is 2.34. The molecular weight excluding hydrogens is 294 g/mol. The van der Waals surface area contributed by atoms with Gasteiger partial charge >= 0.3 is 0 Å². The average molecular weight is 309 g/mol. The topological polar surface area (TPSA) is 74.7 Å². The molecule has 1 aliphatic heterocycles. The minimum Gasteiger partial charge on any atom is -0.392 e. The molecule has 0 spiro atoms. The molecule has 0 saturated carbocycles. The first-order chi connectivity index (χ1) is 11.1. The number of Topliss-reactive ketones (excluding diaryl/α,β-unsaturated/α-hetero) is 1. The van der Waals surface area contributed by atoms with E-state index in [-0.39, 0.29) is 37.2 Å². The molecule has 0 aromatic heterocycles. The fourth-order valence-electron chi connectivity index (χ4n) is 2.64. The third-order valence-corrected chi connectivity index (χ3v) is 3.87. The minimum absolute atomic E-state index is 0.0501. The molecule has 5 heteroatoms. The molecule has 0 unspecified atom stereocenters. The number of imide groups is 1. The average Bonchev–Trinajstić information content (AvgIpc) is 2.84. The van der Waals surface area contributed by atoms with Gasteiger partial charge in [0.15, 0.2) is 5.78 Å². The molecule has 2 aromatic rings. The molecule has 0 atom stereocenters. The maximum atomic E-state index is 12.2. The number of aliphatic hydroxyl groups excluding tert-OH is 1. The summed E-state index contributed by atoms with van der Waals surface area (Å²) in [5.74, 6) is -0.887. The number of aliphatic hydroxyl groups is 1. The molecule has 1 N–H and O–H groups in total. The summed E-state index contributed by atoms with van der Waals surface area (Å²) in [5, 5.41) is 9.11. The Morgan fingerprint density at radius 2 is 1.61 bits per heavy atom. The Kier molecular flexibility index (Phi) is 4.04. The minimum atomic E-state index is -0.359. The number of hydrogen-bond acceptors (Lipinski definition) is 4. The van der Waals surface area contributed by atoms with Crippen LogP contribution < -0.4 is 0 Å². The second-order valence-electron chi connectivity index (χ2n) is 5.34. The first kappa shape index (κ1) is 15.1. The summed E-state index contributed by atoms with van der Waals surface area (Å²) in [5.41, 5.74) is 1.88. The SMILES string of the molecule is O=C(CCN1C(=O)c2ccccc2C1=O)c1cccc(CO)c1. The Labute approximate surface area is 133 Å². The van der Waals surface area contributed by atoms with E-state index in [0.29, 0.717) is 22.3 Å². The Morgan fingerprint density at radius 3 is 2.22 bits per heavy atom. The second kappa shape index (κ2) is 6.14. The van der Waals surface area contributed by atoms with Crippen molar-refractivity contribution in [2.45, 2.75) is 13.0 Å². The van der Waals surface area contributed by atoms with Crippen molar-refractivity contribution in [3.63, 3.8) is 0 Å². The quantitative estimate of drug-likeness (QED) is 0.677. The van der Waals surface area contributed by atoms with Crippen LogP contribution in [0.5, 0.6) is 0 Å². The number of benzene rings is 2. The van der Waals surface area contributed by atoms with Crippen molar-refractivity contribution in [3.05, 3.63) is 70.8 Å². The molecule has 1 heterocycles. The summed E-state index contributed by atoms with van der Waals surface area (Å²) >= 11 is 0. The van der Waals surface area contributed by atoms with Gasteiger partial charge in [0.1, 0.15) is 0 Å². The van der Waals surface area contributed by atoms with Gasteiger partial charge in [-0.25, -0.2) is 0 Å². The zero-order chi connectivity index (χ0) is 16.4. The molecule has 0 bridgehead atoms. The lowest BCUT2D eigenvalue weighted by Gasteiger charge is -2.13. The molecular formula is C18H15NO4. The fourth-order valence-corrected chi connectivity index (χ4v) is 2.64. The van der Waals surface area contributed by atoms with Crippen LogP contribution in [0.25, 0.3) is 0 Å². The van der Waals surface area contributed by atoms with E-state index in [0.717, 1.165) is 4.90 Å². The Bertz CT molecular complexity index is 762. The molecule has 0 aliphatic carbocycles. The number of carbonyl (C=O) groups is 3. The second-order valence-corrected chi connectivity index (χ2v) is 5.34. The maximum absolute atomic E-state index is 12.2. The maximum Gasteiger partial charge on any atom is 0.261 e. The van der Waals surface area contributed by atoms with E-state index < -0.39 is 0 Å². The lowest BCUT2D eigenvalue weighted by molar-refractivity contribution is 0.0649. The third-order valence-electron chi connectivity index (χ3n) is 3.87. The Hall–Kier alpha value is -2.79. The van der Waals surface area contributed by atoms with Crippen LogP contribution in [-0.2, 0) is 6.61 Å². The monoisotopic (exact) mass is 309 g/mol. The number of hydrogen-bond donors (Lipinski definition) is 1. The van der Waals surface area contributed by atoms with Crippen molar-refractivity contribution in [2.75, 3.05) is 6.54 Å².